The number of halogens is 1. The van der Waals surface area contributed by atoms with Crippen molar-refractivity contribution >= 4 is 11.9 Å². The number of likely N-dealkylation sites (tertiary alicyclic amines) is 1. The first-order chi connectivity index (χ1) is 14.1. The fraction of sp³-hybridized carbons (Fsp3) is 0.217. The standard InChI is InChI=1S/C23H19FN2O3/c24-17-7-5-15(6-8-17)16-13-20(25-14-16)21(27)26-11-9-23(10-12-26)19-4-2-1-3-18(19)22(28)29-23/h1-8,13-14,25H,9-12H2. The lowest BCUT2D eigenvalue weighted by molar-refractivity contribution is -0.0390. The minimum absolute atomic E-state index is 0.0918. The van der Waals surface area contributed by atoms with Crippen molar-refractivity contribution in [2.24, 2.45) is 0 Å². The van der Waals surface area contributed by atoms with Crippen LogP contribution in [0.4, 0.5) is 4.39 Å². The molecule has 0 saturated carbocycles. The highest BCUT2D eigenvalue weighted by atomic mass is 19.1. The Morgan fingerprint density at radius 3 is 2.52 bits per heavy atom. The van der Waals surface area contributed by atoms with Crippen molar-refractivity contribution in [3.05, 3.63) is 83.4 Å². The summed E-state index contributed by atoms with van der Waals surface area (Å²) >= 11 is 0. The Morgan fingerprint density at radius 1 is 1.03 bits per heavy atom. The molecule has 0 radical (unpaired) electrons. The quantitative estimate of drug-likeness (QED) is 0.670. The summed E-state index contributed by atoms with van der Waals surface area (Å²) in [5, 5.41) is 0. The van der Waals surface area contributed by atoms with Gasteiger partial charge in [-0.15, -0.1) is 0 Å². The summed E-state index contributed by atoms with van der Waals surface area (Å²) in [7, 11) is 0. The molecule has 5 nitrogen and oxygen atoms in total. The molecular weight excluding hydrogens is 371 g/mol. The van der Waals surface area contributed by atoms with Crippen LogP contribution in [0.25, 0.3) is 11.1 Å². The number of aromatic amines is 1. The van der Waals surface area contributed by atoms with Gasteiger partial charge in [0.25, 0.3) is 5.91 Å². The number of piperidine rings is 1. The number of esters is 1. The lowest BCUT2D eigenvalue weighted by atomic mass is 9.83. The third-order valence-electron chi connectivity index (χ3n) is 5.88. The maximum absolute atomic E-state index is 13.1. The summed E-state index contributed by atoms with van der Waals surface area (Å²) in [6, 6.07) is 15.4. The first-order valence-corrected chi connectivity index (χ1v) is 9.62. The number of hydrogen-bond acceptors (Lipinski definition) is 3. The van der Waals surface area contributed by atoms with Gasteiger partial charge in [0, 0.05) is 37.7 Å². The fourth-order valence-corrected chi connectivity index (χ4v) is 4.29. The van der Waals surface area contributed by atoms with Gasteiger partial charge in [-0.2, -0.15) is 0 Å². The first-order valence-electron chi connectivity index (χ1n) is 9.62. The molecule has 1 fully saturated rings. The van der Waals surface area contributed by atoms with Crippen molar-refractivity contribution in [1.29, 1.82) is 0 Å². The molecule has 1 amide bonds. The molecule has 2 aromatic carbocycles. The van der Waals surface area contributed by atoms with Crippen molar-refractivity contribution in [2.45, 2.75) is 18.4 Å². The molecule has 2 aliphatic rings. The van der Waals surface area contributed by atoms with Gasteiger partial charge in [0.05, 0.1) is 5.56 Å². The minimum atomic E-state index is -0.626. The van der Waals surface area contributed by atoms with Crippen molar-refractivity contribution in [1.82, 2.24) is 9.88 Å². The second kappa shape index (κ2) is 6.58. The molecule has 5 rings (SSSR count). The van der Waals surface area contributed by atoms with E-state index in [1.165, 1.54) is 12.1 Å². The molecule has 1 spiro atoms. The summed E-state index contributed by atoms with van der Waals surface area (Å²) in [6.07, 6.45) is 2.90. The van der Waals surface area contributed by atoms with Crippen molar-refractivity contribution < 1.29 is 18.7 Å². The number of ether oxygens (including phenoxy) is 1. The van der Waals surface area contributed by atoms with Gasteiger partial charge in [0.15, 0.2) is 0 Å². The smallest absolute Gasteiger partial charge is 0.339 e. The van der Waals surface area contributed by atoms with Crippen LogP contribution in [0.2, 0.25) is 0 Å². The predicted octanol–water partition coefficient (Wildman–Crippen LogP) is 4.12. The van der Waals surface area contributed by atoms with E-state index in [0.29, 0.717) is 37.2 Å². The number of H-pyrrole nitrogens is 1. The zero-order valence-electron chi connectivity index (χ0n) is 15.7. The number of aromatic nitrogens is 1. The van der Waals surface area contributed by atoms with Gasteiger partial charge in [-0.05, 0) is 35.4 Å². The average molecular weight is 390 g/mol. The van der Waals surface area contributed by atoms with Crippen molar-refractivity contribution in [3.8, 4) is 11.1 Å². The number of carbonyl (C=O) groups excluding carboxylic acids is 2. The van der Waals surface area contributed by atoms with Gasteiger partial charge >= 0.3 is 5.97 Å². The molecule has 1 aromatic heterocycles. The second-order valence-electron chi connectivity index (χ2n) is 7.53. The second-order valence-corrected chi connectivity index (χ2v) is 7.53. The topological polar surface area (TPSA) is 62.4 Å². The van der Waals surface area contributed by atoms with E-state index in [1.54, 1.807) is 35.4 Å². The summed E-state index contributed by atoms with van der Waals surface area (Å²) in [6.45, 7) is 1.01. The summed E-state index contributed by atoms with van der Waals surface area (Å²) in [4.78, 5) is 29.9. The Labute approximate surface area is 167 Å². The fourth-order valence-electron chi connectivity index (χ4n) is 4.29. The van der Waals surface area contributed by atoms with E-state index in [1.807, 2.05) is 18.2 Å². The molecule has 3 heterocycles. The number of fused-ring (bicyclic) bond motifs is 2. The molecule has 0 aliphatic carbocycles. The van der Waals surface area contributed by atoms with E-state index in [0.717, 1.165) is 16.7 Å². The molecule has 0 unspecified atom stereocenters. The van der Waals surface area contributed by atoms with Gasteiger partial charge in [-0.1, -0.05) is 30.3 Å². The highest BCUT2D eigenvalue weighted by Crippen LogP contribution is 2.44. The highest BCUT2D eigenvalue weighted by molar-refractivity contribution is 5.95. The van der Waals surface area contributed by atoms with Crippen LogP contribution in [0.5, 0.6) is 0 Å². The largest absolute Gasteiger partial charge is 0.450 e. The van der Waals surface area contributed by atoms with E-state index < -0.39 is 5.60 Å². The van der Waals surface area contributed by atoms with Crippen LogP contribution >= 0.6 is 0 Å². The van der Waals surface area contributed by atoms with Crippen LogP contribution in [0.15, 0.2) is 60.8 Å². The van der Waals surface area contributed by atoms with E-state index in [4.69, 9.17) is 4.74 Å². The molecular formula is C23H19FN2O3. The Kier molecular flexibility index (Phi) is 4.01. The van der Waals surface area contributed by atoms with Crippen molar-refractivity contribution in [3.63, 3.8) is 0 Å². The molecule has 2 aliphatic heterocycles. The van der Waals surface area contributed by atoms with Crippen LogP contribution in [0, 0.1) is 5.82 Å². The van der Waals surface area contributed by atoms with Crippen LogP contribution in [0.3, 0.4) is 0 Å². The number of amides is 1. The molecule has 6 heteroatoms. The van der Waals surface area contributed by atoms with E-state index in [9.17, 15) is 14.0 Å². The van der Waals surface area contributed by atoms with Crippen LogP contribution in [-0.2, 0) is 10.3 Å². The lowest BCUT2D eigenvalue weighted by Crippen LogP contribution is -2.45. The zero-order valence-corrected chi connectivity index (χ0v) is 15.7. The molecule has 1 saturated heterocycles. The molecule has 0 bridgehead atoms. The Hall–Kier alpha value is -3.41. The van der Waals surface area contributed by atoms with Crippen molar-refractivity contribution in [2.75, 3.05) is 13.1 Å². The number of rotatable bonds is 2. The number of hydrogen-bond donors (Lipinski definition) is 1. The lowest BCUT2D eigenvalue weighted by Gasteiger charge is -2.38. The van der Waals surface area contributed by atoms with E-state index >= 15 is 0 Å². The van der Waals surface area contributed by atoms with Crippen LogP contribution < -0.4 is 0 Å². The Bertz CT molecular complexity index is 1100. The third-order valence-corrected chi connectivity index (χ3v) is 5.88. The molecule has 29 heavy (non-hydrogen) atoms. The normalized spacial score (nSPS) is 17.3. The predicted molar refractivity (Wildman–Crippen MR) is 105 cm³/mol. The third kappa shape index (κ3) is 2.92. The van der Waals surface area contributed by atoms with Gasteiger partial charge in [-0.3, -0.25) is 4.79 Å². The first kappa shape index (κ1) is 17.7. The maximum atomic E-state index is 13.1. The number of nitrogens with one attached hydrogen (secondary N) is 1. The molecule has 0 atom stereocenters. The van der Waals surface area contributed by atoms with Gasteiger partial charge in [0.2, 0.25) is 0 Å². The molecule has 3 aromatic rings. The summed E-state index contributed by atoms with van der Waals surface area (Å²) < 4.78 is 18.9. The summed E-state index contributed by atoms with van der Waals surface area (Å²) in [5.74, 6) is -0.670. The molecule has 146 valence electrons. The number of nitrogens with zero attached hydrogens (tertiary/aromatic N) is 1. The van der Waals surface area contributed by atoms with Gasteiger partial charge in [-0.25, -0.2) is 9.18 Å². The van der Waals surface area contributed by atoms with Gasteiger partial charge in [0.1, 0.15) is 17.1 Å². The highest BCUT2D eigenvalue weighted by Gasteiger charge is 2.47. The Balaban J connectivity index is 1.31. The number of carbonyl (C=O) groups is 2. The van der Waals surface area contributed by atoms with E-state index in [2.05, 4.69) is 4.98 Å². The van der Waals surface area contributed by atoms with E-state index in [-0.39, 0.29) is 17.7 Å². The zero-order chi connectivity index (χ0) is 20.0. The van der Waals surface area contributed by atoms with Gasteiger partial charge < -0.3 is 14.6 Å². The maximum Gasteiger partial charge on any atom is 0.339 e. The number of benzene rings is 2. The summed E-state index contributed by atoms with van der Waals surface area (Å²) in [5.41, 5.74) is 3.09. The minimum Gasteiger partial charge on any atom is -0.450 e. The molecule has 1 N–H and O–H groups in total. The SMILES string of the molecule is O=C1OC2(CCN(C(=O)c3cc(-c4ccc(F)cc4)c[nH]3)CC2)c2ccccc21. The van der Waals surface area contributed by atoms with Crippen LogP contribution in [-0.4, -0.2) is 34.8 Å². The Morgan fingerprint density at radius 2 is 1.76 bits per heavy atom. The monoisotopic (exact) mass is 390 g/mol. The average Bonchev–Trinajstić information content (AvgIpc) is 3.33. The van der Waals surface area contributed by atoms with Crippen LogP contribution in [0.1, 0.15) is 39.3 Å².